The average molecular weight is 566 g/mol. The Labute approximate surface area is 246 Å². The molecule has 0 aromatic heterocycles. The summed E-state index contributed by atoms with van der Waals surface area (Å²) in [4.78, 5) is 12.1. The largest absolute Gasteiger partial charge is 0.451 e. The smallest absolute Gasteiger partial charge is 0.311 e. The SMILES string of the molecule is C=C(C)[C@@H]1CC[C@]2(N)CC[C@]3(C)[C@H](CC[C@@H]4[C@@]5(C)CC=C(C6=CCC(C(=O)OP)CC6)C(C)(C)[C@@H]5CC[C@]43C)[C@@H]12. The fourth-order valence-corrected chi connectivity index (χ4v) is 12.9. The maximum Gasteiger partial charge on any atom is 0.311 e. The van der Waals surface area contributed by atoms with E-state index in [1.165, 1.54) is 68.9 Å². The molecule has 11 atom stereocenters. The number of carbonyl (C=O) groups excluding carboxylic acids is 1. The number of nitrogens with two attached hydrogens (primary N) is 1. The van der Waals surface area contributed by atoms with Crippen LogP contribution in [0.2, 0.25) is 0 Å². The summed E-state index contributed by atoms with van der Waals surface area (Å²) in [5.41, 5.74) is 13.0. The van der Waals surface area contributed by atoms with Crippen molar-refractivity contribution >= 4 is 15.4 Å². The first-order valence-electron chi connectivity index (χ1n) is 16.5. The van der Waals surface area contributed by atoms with Crippen LogP contribution in [0.25, 0.3) is 0 Å². The third-order valence-corrected chi connectivity index (χ3v) is 15.1. The molecule has 0 bridgehead atoms. The Balaban J connectivity index is 1.31. The summed E-state index contributed by atoms with van der Waals surface area (Å²) in [6.07, 6.45) is 19.3. The lowest BCUT2D eigenvalue weighted by Gasteiger charge is -2.72. The second-order valence-corrected chi connectivity index (χ2v) is 16.8. The van der Waals surface area contributed by atoms with E-state index in [9.17, 15) is 4.79 Å². The van der Waals surface area contributed by atoms with Crippen molar-refractivity contribution in [3.8, 4) is 0 Å². The van der Waals surface area contributed by atoms with Crippen molar-refractivity contribution in [1.82, 2.24) is 0 Å². The minimum atomic E-state index is -0.0813. The molecular weight excluding hydrogens is 509 g/mol. The predicted molar refractivity (Wildman–Crippen MR) is 168 cm³/mol. The normalized spacial score (nSPS) is 49.4. The summed E-state index contributed by atoms with van der Waals surface area (Å²) in [7, 11) is 2.13. The fraction of sp³-hybridized carbons (Fsp3) is 0.806. The van der Waals surface area contributed by atoms with Crippen LogP contribution >= 0.6 is 9.47 Å². The molecule has 0 radical (unpaired) electrons. The summed E-state index contributed by atoms with van der Waals surface area (Å²) >= 11 is 0. The number of hydrogen-bond acceptors (Lipinski definition) is 3. The van der Waals surface area contributed by atoms with Gasteiger partial charge < -0.3 is 10.3 Å². The van der Waals surface area contributed by atoms with Crippen molar-refractivity contribution < 1.29 is 9.32 Å². The van der Waals surface area contributed by atoms with Gasteiger partial charge in [0.15, 0.2) is 0 Å². The van der Waals surface area contributed by atoms with Crippen LogP contribution in [-0.4, -0.2) is 11.5 Å². The van der Waals surface area contributed by atoms with Gasteiger partial charge in [-0.05, 0) is 146 Å². The summed E-state index contributed by atoms with van der Waals surface area (Å²) in [5, 5.41) is 0. The molecule has 0 aromatic rings. The Morgan fingerprint density at radius 3 is 2.35 bits per heavy atom. The molecule has 0 aliphatic heterocycles. The van der Waals surface area contributed by atoms with Gasteiger partial charge in [-0.1, -0.05) is 58.9 Å². The van der Waals surface area contributed by atoms with Crippen LogP contribution in [0, 0.1) is 57.2 Å². The molecular formula is C36H56NO2P. The van der Waals surface area contributed by atoms with E-state index >= 15 is 0 Å². The zero-order valence-electron chi connectivity index (χ0n) is 26.3. The zero-order valence-corrected chi connectivity index (χ0v) is 27.4. The number of rotatable bonds is 3. The summed E-state index contributed by atoms with van der Waals surface area (Å²) < 4.78 is 4.97. The highest BCUT2D eigenvalue weighted by atomic mass is 31.0. The van der Waals surface area contributed by atoms with E-state index in [-0.39, 0.29) is 22.8 Å². The number of fused-ring (bicyclic) bond motifs is 7. The lowest BCUT2D eigenvalue weighted by Crippen LogP contribution is -2.67. The Kier molecular flexibility index (Phi) is 6.96. The molecule has 6 aliphatic rings. The van der Waals surface area contributed by atoms with Crippen molar-refractivity contribution in [1.29, 1.82) is 0 Å². The van der Waals surface area contributed by atoms with Gasteiger partial charge in [0.1, 0.15) is 0 Å². The lowest BCUT2D eigenvalue weighted by molar-refractivity contribution is -0.219. The molecule has 4 fully saturated rings. The molecule has 3 nitrogen and oxygen atoms in total. The van der Waals surface area contributed by atoms with Crippen molar-refractivity contribution in [2.24, 2.45) is 62.9 Å². The number of allylic oxidation sites excluding steroid dienone is 5. The van der Waals surface area contributed by atoms with Crippen LogP contribution in [0.1, 0.15) is 119 Å². The van der Waals surface area contributed by atoms with Crippen LogP contribution < -0.4 is 5.73 Å². The standard InChI is InChI=1S/C36H56NO2P/c1-22(2)25-14-19-36(37)21-20-34(6)27(30(25)36)12-13-29-33(5)17-15-26(23-8-10-24(11-9-23)31(38)39-40)32(3,4)28(33)16-18-35(29,34)7/h8,15,24-25,27-30H,1,9-14,16-21,37,40H2,2-7H3/t24?,25-,27+,28-,29+,30+,33-,34+,35+,36-/m0/s1. The zero-order chi connectivity index (χ0) is 28.9. The Bertz CT molecular complexity index is 1150. The van der Waals surface area contributed by atoms with Crippen LogP contribution in [0.15, 0.2) is 35.5 Å². The van der Waals surface area contributed by atoms with Gasteiger partial charge in [0.2, 0.25) is 0 Å². The Morgan fingerprint density at radius 1 is 0.950 bits per heavy atom. The van der Waals surface area contributed by atoms with Gasteiger partial charge >= 0.3 is 5.97 Å². The molecule has 0 saturated heterocycles. The predicted octanol–water partition coefficient (Wildman–Crippen LogP) is 8.95. The van der Waals surface area contributed by atoms with Gasteiger partial charge in [-0.3, -0.25) is 4.79 Å². The summed E-state index contributed by atoms with van der Waals surface area (Å²) in [5.74, 6) is 3.34. The maximum absolute atomic E-state index is 12.1. The van der Waals surface area contributed by atoms with E-state index in [0.717, 1.165) is 31.1 Å². The molecule has 4 heteroatoms. The van der Waals surface area contributed by atoms with Gasteiger partial charge in [0.25, 0.3) is 0 Å². The molecule has 4 saturated carbocycles. The maximum atomic E-state index is 12.1. The number of hydrogen-bond donors (Lipinski definition) is 1. The van der Waals surface area contributed by atoms with E-state index in [1.54, 1.807) is 5.57 Å². The quantitative estimate of drug-likeness (QED) is 0.274. The molecule has 222 valence electrons. The van der Waals surface area contributed by atoms with Crippen LogP contribution in [0.3, 0.4) is 0 Å². The summed E-state index contributed by atoms with van der Waals surface area (Å²) in [6.45, 7) is 19.9. The van der Waals surface area contributed by atoms with Crippen LogP contribution in [-0.2, 0) is 9.32 Å². The molecule has 0 spiro atoms. The monoisotopic (exact) mass is 565 g/mol. The second-order valence-electron chi connectivity index (χ2n) is 16.6. The average Bonchev–Trinajstić information content (AvgIpc) is 3.26. The lowest BCUT2D eigenvalue weighted by atomic mass is 9.33. The highest BCUT2D eigenvalue weighted by molar-refractivity contribution is 7.10. The molecule has 40 heavy (non-hydrogen) atoms. The Morgan fingerprint density at radius 2 is 1.70 bits per heavy atom. The van der Waals surface area contributed by atoms with Gasteiger partial charge in [0.05, 0.1) is 15.4 Å². The molecule has 0 amide bonds. The van der Waals surface area contributed by atoms with Gasteiger partial charge in [-0.2, -0.15) is 0 Å². The van der Waals surface area contributed by atoms with Gasteiger partial charge in [-0.25, -0.2) is 0 Å². The molecule has 6 rings (SSSR count). The molecule has 0 heterocycles. The van der Waals surface area contributed by atoms with E-state index in [4.69, 9.17) is 10.3 Å². The molecule has 0 aromatic carbocycles. The first-order valence-corrected chi connectivity index (χ1v) is 16.9. The van der Waals surface area contributed by atoms with E-state index in [2.05, 4.69) is 69.7 Å². The molecule has 2 N–H and O–H groups in total. The van der Waals surface area contributed by atoms with Crippen molar-refractivity contribution in [2.75, 3.05) is 0 Å². The van der Waals surface area contributed by atoms with Crippen molar-refractivity contribution in [2.45, 2.75) is 124 Å². The first kappa shape index (κ1) is 29.2. The number of carbonyl (C=O) groups is 1. The van der Waals surface area contributed by atoms with Gasteiger partial charge in [-0.15, -0.1) is 0 Å². The van der Waals surface area contributed by atoms with Crippen molar-refractivity contribution in [3.63, 3.8) is 0 Å². The minimum Gasteiger partial charge on any atom is -0.451 e. The minimum absolute atomic E-state index is 0.0113. The van der Waals surface area contributed by atoms with E-state index < -0.39 is 0 Å². The molecule has 2 unspecified atom stereocenters. The topological polar surface area (TPSA) is 52.3 Å². The first-order chi connectivity index (χ1) is 18.7. The van der Waals surface area contributed by atoms with Gasteiger partial charge in [0, 0.05) is 5.54 Å². The highest BCUT2D eigenvalue weighted by Crippen LogP contribution is 2.76. The third-order valence-electron chi connectivity index (χ3n) is 14.9. The third kappa shape index (κ3) is 3.84. The van der Waals surface area contributed by atoms with Crippen LogP contribution in [0.4, 0.5) is 0 Å². The van der Waals surface area contributed by atoms with Crippen molar-refractivity contribution in [3.05, 3.63) is 35.5 Å². The fourth-order valence-electron chi connectivity index (χ4n) is 12.8. The molecule has 6 aliphatic carbocycles. The highest BCUT2D eigenvalue weighted by Gasteiger charge is 2.70. The Hall–Kier alpha value is -0.920. The summed E-state index contributed by atoms with van der Waals surface area (Å²) in [6, 6.07) is 0. The van der Waals surface area contributed by atoms with E-state index in [0.29, 0.717) is 34.0 Å². The van der Waals surface area contributed by atoms with E-state index in [1.807, 2.05) is 0 Å². The van der Waals surface area contributed by atoms with Crippen LogP contribution in [0.5, 0.6) is 0 Å². The second kappa shape index (κ2) is 9.54.